The fourth-order valence-corrected chi connectivity index (χ4v) is 1.87. The second-order valence-corrected chi connectivity index (χ2v) is 4.65. The van der Waals surface area contributed by atoms with Gasteiger partial charge in [0, 0.05) is 7.11 Å². The van der Waals surface area contributed by atoms with Gasteiger partial charge >= 0.3 is 5.97 Å². The SMILES string of the molecule is COC(C)(CCc1ccccc1C)CC(=O)O. The van der Waals surface area contributed by atoms with Crippen molar-refractivity contribution in [3.05, 3.63) is 35.4 Å². The van der Waals surface area contributed by atoms with Crippen LogP contribution in [0.4, 0.5) is 0 Å². The van der Waals surface area contributed by atoms with Crippen molar-refractivity contribution in [2.24, 2.45) is 0 Å². The number of carboxylic acids is 1. The van der Waals surface area contributed by atoms with Gasteiger partial charge in [-0.25, -0.2) is 0 Å². The summed E-state index contributed by atoms with van der Waals surface area (Å²) in [6.45, 7) is 3.91. The standard InChI is InChI=1S/C14H20O3/c1-11-6-4-5-7-12(11)8-9-14(2,17-3)10-13(15)16/h4-7H,8-10H2,1-3H3,(H,15,16). The van der Waals surface area contributed by atoms with Crippen molar-refractivity contribution in [3.63, 3.8) is 0 Å². The van der Waals surface area contributed by atoms with E-state index in [1.54, 1.807) is 7.11 Å². The van der Waals surface area contributed by atoms with Crippen LogP contribution < -0.4 is 0 Å². The lowest BCUT2D eigenvalue weighted by atomic mass is 9.92. The monoisotopic (exact) mass is 236 g/mol. The van der Waals surface area contributed by atoms with E-state index in [9.17, 15) is 4.79 Å². The number of hydrogen-bond donors (Lipinski definition) is 1. The Kier molecular flexibility index (Phi) is 4.70. The lowest BCUT2D eigenvalue weighted by molar-refractivity contribution is -0.143. The van der Waals surface area contributed by atoms with Crippen LogP contribution in [0.25, 0.3) is 0 Å². The van der Waals surface area contributed by atoms with Crippen LogP contribution in [0, 0.1) is 6.92 Å². The summed E-state index contributed by atoms with van der Waals surface area (Å²) in [4.78, 5) is 10.8. The van der Waals surface area contributed by atoms with Crippen LogP contribution in [-0.4, -0.2) is 23.8 Å². The Morgan fingerprint density at radius 3 is 2.59 bits per heavy atom. The zero-order chi connectivity index (χ0) is 12.9. The van der Waals surface area contributed by atoms with Crippen LogP contribution in [0.3, 0.4) is 0 Å². The van der Waals surface area contributed by atoms with E-state index in [0.29, 0.717) is 6.42 Å². The van der Waals surface area contributed by atoms with Crippen LogP contribution in [0.15, 0.2) is 24.3 Å². The second kappa shape index (κ2) is 5.82. The van der Waals surface area contributed by atoms with Gasteiger partial charge in [-0.3, -0.25) is 4.79 Å². The fraction of sp³-hybridized carbons (Fsp3) is 0.500. The number of ether oxygens (including phenoxy) is 1. The maximum atomic E-state index is 10.8. The summed E-state index contributed by atoms with van der Waals surface area (Å²) in [5.41, 5.74) is 1.90. The molecule has 0 aromatic heterocycles. The Morgan fingerprint density at radius 1 is 1.41 bits per heavy atom. The number of methoxy groups -OCH3 is 1. The summed E-state index contributed by atoms with van der Waals surface area (Å²) in [5, 5.41) is 8.85. The number of carbonyl (C=O) groups is 1. The van der Waals surface area contributed by atoms with E-state index in [1.165, 1.54) is 11.1 Å². The number of aliphatic carboxylic acids is 1. The van der Waals surface area contributed by atoms with Gasteiger partial charge in [-0.15, -0.1) is 0 Å². The van der Waals surface area contributed by atoms with Crippen molar-refractivity contribution in [1.82, 2.24) is 0 Å². The highest BCUT2D eigenvalue weighted by Crippen LogP contribution is 2.22. The number of rotatable bonds is 6. The Morgan fingerprint density at radius 2 is 2.06 bits per heavy atom. The van der Waals surface area contributed by atoms with Crippen LogP contribution in [-0.2, 0) is 16.0 Å². The zero-order valence-corrected chi connectivity index (χ0v) is 10.7. The minimum Gasteiger partial charge on any atom is -0.481 e. The first-order valence-corrected chi connectivity index (χ1v) is 5.78. The molecule has 1 aromatic carbocycles. The largest absolute Gasteiger partial charge is 0.481 e. The van der Waals surface area contributed by atoms with E-state index in [2.05, 4.69) is 19.1 Å². The van der Waals surface area contributed by atoms with E-state index in [4.69, 9.17) is 9.84 Å². The molecule has 0 radical (unpaired) electrons. The van der Waals surface area contributed by atoms with E-state index in [-0.39, 0.29) is 6.42 Å². The lowest BCUT2D eigenvalue weighted by Crippen LogP contribution is -2.31. The van der Waals surface area contributed by atoms with Gasteiger partial charge in [0.05, 0.1) is 12.0 Å². The summed E-state index contributed by atoms with van der Waals surface area (Å²) >= 11 is 0. The minimum atomic E-state index is -0.820. The highest BCUT2D eigenvalue weighted by Gasteiger charge is 2.26. The van der Waals surface area contributed by atoms with Gasteiger partial charge in [0.1, 0.15) is 0 Å². The maximum absolute atomic E-state index is 10.8. The number of carboxylic acid groups (broad SMARTS) is 1. The molecular weight excluding hydrogens is 216 g/mol. The first kappa shape index (κ1) is 13.7. The number of aryl methyl sites for hydroxylation is 2. The van der Waals surface area contributed by atoms with E-state index < -0.39 is 11.6 Å². The molecule has 1 aromatic rings. The Balaban J connectivity index is 2.65. The van der Waals surface area contributed by atoms with E-state index in [1.807, 2.05) is 19.1 Å². The van der Waals surface area contributed by atoms with E-state index in [0.717, 1.165) is 6.42 Å². The Bertz CT molecular complexity index is 387. The molecule has 1 rings (SSSR count). The highest BCUT2D eigenvalue weighted by molar-refractivity contribution is 5.68. The van der Waals surface area contributed by atoms with Crippen LogP contribution in [0.1, 0.15) is 30.9 Å². The first-order valence-electron chi connectivity index (χ1n) is 5.78. The summed E-state index contributed by atoms with van der Waals surface area (Å²) in [6, 6.07) is 8.15. The van der Waals surface area contributed by atoms with Gasteiger partial charge in [0.2, 0.25) is 0 Å². The van der Waals surface area contributed by atoms with Crippen molar-refractivity contribution in [3.8, 4) is 0 Å². The van der Waals surface area contributed by atoms with Gasteiger partial charge in [-0.1, -0.05) is 24.3 Å². The van der Waals surface area contributed by atoms with Gasteiger partial charge in [0.15, 0.2) is 0 Å². The van der Waals surface area contributed by atoms with Crippen LogP contribution in [0.5, 0.6) is 0 Å². The summed E-state index contributed by atoms with van der Waals surface area (Å²) < 4.78 is 5.33. The molecule has 0 bridgehead atoms. The molecule has 17 heavy (non-hydrogen) atoms. The molecular formula is C14H20O3. The summed E-state index contributed by atoms with van der Waals surface area (Å²) in [7, 11) is 1.57. The molecule has 0 aliphatic heterocycles. The summed E-state index contributed by atoms with van der Waals surface area (Å²) in [5.74, 6) is -0.820. The van der Waals surface area contributed by atoms with Gasteiger partial charge in [-0.2, -0.15) is 0 Å². The molecule has 0 heterocycles. The average Bonchev–Trinajstić information content (AvgIpc) is 2.27. The molecule has 1 atom stereocenters. The van der Waals surface area contributed by atoms with Crippen LogP contribution in [0.2, 0.25) is 0 Å². The summed E-state index contributed by atoms with van der Waals surface area (Å²) in [6.07, 6.45) is 1.58. The van der Waals surface area contributed by atoms with Crippen molar-refractivity contribution in [2.75, 3.05) is 7.11 Å². The zero-order valence-electron chi connectivity index (χ0n) is 10.7. The molecule has 3 heteroatoms. The van der Waals surface area contributed by atoms with Crippen molar-refractivity contribution < 1.29 is 14.6 Å². The quantitative estimate of drug-likeness (QED) is 0.826. The lowest BCUT2D eigenvalue weighted by Gasteiger charge is -2.26. The van der Waals surface area contributed by atoms with Crippen molar-refractivity contribution in [2.45, 2.75) is 38.7 Å². The van der Waals surface area contributed by atoms with Gasteiger partial charge in [-0.05, 0) is 37.8 Å². The average molecular weight is 236 g/mol. The Hall–Kier alpha value is -1.35. The predicted molar refractivity (Wildman–Crippen MR) is 67.2 cm³/mol. The molecule has 0 saturated carbocycles. The van der Waals surface area contributed by atoms with Crippen molar-refractivity contribution in [1.29, 1.82) is 0 Å². The molecule has 0 amide bonds. The first-order chi connectivity index (χ1) is 7.97. The third kappa shape index (κ3) is 4.19. The topological polar surface area (TPSA) is 46.5 Å². The molecule has 1 N–H and O–H groups in total. The second-order valence-electron chi connectivity index (χ2n) is 4.65. The number of hydrogen-bond acceptors (Lipinski definition) is 2. The molecule has 0 aliphatic carbocycles. The predicted octanol–water partition coefficient (Wildman–Crippen LogP) is 2.81. The molecule has 0 spiro atoms. The third-order valence-electron chi connectivity index (χ3n) is 3.20. The minimum absolute atomic E-state index is 0.0371. The molecule has 0 fully saturated rings. The fourth-order valence-electron chi connectivity index (χ4n) is 1.87. The molecule has 94 valence electrons. The number of benzene rings is 1. The smallest absolute Gasteiger partial charge is 0.306 e. The maximum Gasteiger partial charge on any atom is 0.306 e. The molecule has 3 nitrogen and oxygen atoms in total. The normalized spacial score (nSPS) is 14.3. The van der Waals surface area contributed by atoms with Gasteiger partial charge < -0.3 is 9.84 Å². The molecule has 0 aliphatic rings. The molecule has 0 saturated heterocycles. The highest BCUT2D eigenvalue weighted by atomic mass is 16.5. The Labute approximate surface area is 102 Å². The van der Waals surface area contributed by atoms with Gasteiger partial charge in [0.25, 0.3) is 0 Å². The van der Waals surface area contributed by atoms with Crippen LogP contribution >= 0.6 is 0 Å². The third-order valence-corrected chi connectivity index (χ3v) is 3.20. The van der Waals surface area contributed by atoms with E-state index >= 15 is 0 Å². The van der Waals surface area contributed by atoms with Crippen molar-refractivity contribution >= 4 is 5.97 Å². The molecule has 1 unspecified atom stereocenters.